The number of methoxy groups -OCH3 is 1. The van der Waals surface area contributed by atoms with Crippen molar-refractivity contribution in [1.29, 1.82) is 0 Å². The van der Waals surface area contributed by atoms with Gasteiger partial charge in [0, 0.05) is 38.1 Å². The highest BCUT2D eigenvalue weighted by molar-refractivity contribution is 7.89. The number of hydrogen-bond donors (Lipinski definition) is 0. The van der Waals surface area contributed by atoms with Crippen LogP contribution in [0.5, 0.6) is 5.75 Å². The lowest BCUT2D eigenvalue weighted by Crippen LogP contribution is -2.44. The predicted octanol–water partition coefficient (Wildman–Crippen LogP) is 3.52. The van der Waals surface area contributed by atoms with Crippen LogP contribution in [-0.2, 0) is 26.5 Å². The second-order valence-corrected chi connectivity index (χ2v) is 9.99. The Morgan fingerprint density at radius 2 is 1.71 bits per heavy atom. The fourth-order valence-electron chi connectivity index (χ4n) is 4.04. The molecule has 0 aliphatic carbocycles. The van der Waals surface area contributed by atoms with Crippen LogP contribution in [-0.4, -0.2) is 68.6 Å². The first kappa shape index (κ1) is 28.5. The van der Waals surface area contributed by atoms with E-state index >= 15 is 0 Å². The Morgan fingerprint density at radius 1 is 1.09 bits per heavy atom. The van der Waals surface area contributed by atoms with E-state index in [1.54, 1.807) is 51.4 Å². The summed E-state index contributed by atoms with van der Waals surface area (Å²) in [6, 6.07) is 5.03. The van der Waals surface area contributed by atoms with Crippen LogP contribution in [0.25, 0.3) is 0 Å². The van der Waals surface area contributed by atoms with E-state index in [1.807, 2.05) is 6.92 Å². The number of nitrogens with zero attached hydrogens (tertiary/aromatic N) is 2. The average Bonchev–Trinajstić information content (AvgIpc) is 3.06. The number of esters is 1. The van der Waals surface area contributed by atoms with Gasteiger partial charge in [-0.15, -0.1) is 0 Å². The maximum Gasteiger partial charge on any atom is 0.355 e. The van der Waals surface area contributed by atoms with Gasteiger partial charge in [0.2, 0.25) is 10.0 Å². The van der Waals surface area contributed by atoms with Gasteiger partial charge in [-0.05, 0) is 70.9 Å². The third kappa shape index (κ3) is 6.12. The molecule has 0 saturated heterocycles. The van der Waals surface area contributed by atoms with Crippen molar-refractivity contribution in [2.75, 3.05) is 33.5 Å². The minimum Gasteiger partial charge on any atom is -0.497 e. The van der Waals surface area contributed by atoms with Crippen molar-refractivity contribution < 1.29 is 32.2 Å². The van der Waals surface area contributed by atoms with E-state index in [9.17, 15) is 18.0 Å². The highest BCUT2D eigenvalue weighted by Crippen LogP contribution is 2.27. The third-order valence-electron chi connectivity index (χ3n) is 5.99. The number of rotatable bonds is 13. The first-order valence-corrected chi connectivity index (χ1v) is 13.1. The van der Waals surface area contributed by atoms with E-state index in [2.05, 4.69) is 0 Å². The highest BCUT2D eigenvalue weighted by Gasteiger charge is 2.36. The number of benzene rings is 1. The van der Waals surface area contributed by atoms with E-state index in [0.717, 1.165) is 0 Å². The minimum absolute atomic E-state index is 0.0584. The van der Waals surface area contributed by atoms with Gasteiger partial charge >= 0.3 is 5.97 Å². The molecule has 194 valence electrons. The summed E-state index contributed by atoms with van der Waals surface area (Å²) >= 11 is 0. The van der Waals surface area contributed by atoms with Gasteiger partial charge in [0.1, 0.15) is 11.4 Å². The summed E-state index contributed by atoms with van der Waals surface area (Å²) in [4.78, 5) is 26.3. The van der Waals surface area contributed by atoms with Gasteiger partial charge in [-0.2, -0.15) is 4.31 Å². The van der Waals surface area contributed by atoms with Crippen molar-refractivity contribution in [2.45, 2.75) is 52.0 Å². The summed E-state index contributed by atoms with van der Waals surface area (Å²) < 4.78 is 45.7. The van der Waals surface area contributed by atoms with Crippen molar-refractivity contribution >= 4 is 21.8 Å². The van der Waals surface area contributed by atoms with Crippen molar-refractivity contribution in [1.82, 2.24) is 8.87 Å². The summed E-state index contributed by atoms with van der Waals surface area (Å²) in [5, 5.41) is 0. The molecule has 0 bridgehead atoms. The molecular formula is C25H36N2O7S. The third-order valence-corrected chi connectivity index (χ3v) is 7.98. The molecule has 1 atom stereocenters. The maximum atomic E-state index is 13.7. The summed E-state index contributed by atoms with van der Waals surface area (Å²) in [6.07, 6.45) is 0.418. The molecule has 1 aromatic carbocycles. The molecule has 0 fully saturated rings. The summed E-state index contributed by atoms with van der Waals surface area (Å²) in [5.41, 5.74) is 1.64. The predicted molar refractivity (Wildman–Crippen MR) is 133 cm³/mol. The Hall–Kier alpha value is -2.69. The Labute approximate surface area is 208 Å². The second-order valence-electron chi connectivity index (χ2n) is 8.10. The van der Waals surface area contributed by atoms with Crippen molar-refractivity contribution in [3.05, 3.63) is 46.8 Å². The minimum atomic E-state index is -4.02. The van der Waals surface area contributed by atoms with Gasteiger partial charge in [-0.3, -0.25) is 4.79 Å². The van der Waals surface area contributed by atoms with Crippen LogP contribution in [0, 0.1) is 13.8 Å². The average molecular weight is 509 g/mol. The van der Waals surface area contributed by atoms with Crippen LogP contribution in [0.3, 0.4) is 0 Å². The molecule has 0 radical (unpaired) electrons. The molecule has 0 N–H and O–H groups in total. The molecule has 10 heteroatoms. The molecule has 2 rings (SSSR count). The van der Waals surface area contributed by atoms with Crippen LogP contribution in [0.1, 0.15) is 59.3 Å². The molecule has 1 aromatic heterocycles. The number of ether oxygens (including phenoxy) is 3. The van der Waals surface area contributed by atoms with E-state index in [1.165, 1.54) is 23.5 Å². The zero-order chi connectivity index (χ0) is 26.3. The zero-order valence-electron chi connectivity index (χ0n) is 21.6. The largest absolute Gasteiger partial charge is 0.497 e. The van der Waals surface area contributed by atoms with Crippen molar-refractivity contribution in [2.24, 2.45) is 7.05 Å². The van der Waals surface area contributed by atoms with Gasteiger partial charge < -0.3 is 18.8 Å². The molecule has 0 amide bonds. The molecule has 9 nitrogen and oxygen atoms in total. The topological polar surface area (TPSA) is 104 Å². The normalized spacial score (nSPS) is 12.6. The number of aromatic nitrogens is 1. The second kappa shape index (κ2) is 12.3. The van der Waals surface area contributed by atoms with Crippen molar-refractivity contribution in [3.63, 3.8) is 0 Å². The van der Waals surface area contributed by atoms with Gasteiger partial charge in [-0.25, -0.2) is 13.2 Å². The lowest BCUT2D eigenvalue weighted by atomic mass is 10.0. The van der Waals surface area contributed by atoms with Gasteiger partial charge in [-0.1, -0.05) is 0 Å². The molecule has 1 heterocycles. The van der Waals surface area contributed by atoms with Crippen LogP contribution >= 0.6 is 0 Å². The number of carbonyl (C=O) groups is 2. The number of hydrogen-bond acceptors (Lipinski definition) is 7. The molecule has 0 saturated carbocycles. The van der Waals surface area contributed by atoms with Crippen LogP contribution in [0.4, 0.5) is 0 Å². The summed E-state index contributed by atoms with van der Waals surface area (Å²) in [5.74, 6) is -0.389. The lowest BCUT2D eigenvalue weighted by Gasteiger charge is -2.28. The maximum absolute atomic E-state index is 13.7. The van der Waals surface area contributed by atoms with E-state index in [-0.39, 0.29) is 29.5 Å². The fourth-order valence-corrected chi connectivity index (χ4v) is 5.67. The molecule has 35 heavy (non-hydrogen) atoms. The number of carbonyl (C=O) groups excluding carboxylic acids is 2. The first-order chi connectivity index (χ1) is 16.5. The Balaban J connectivity index is 2.50. The summed E-state index contributed by atoms with van der Waals surface area (Å²) in [6.45, 7) is 9.72. The monoisotopic (exact) mass is 508 g/mol. The molecular weight excluding hydrogens is 472 g/mol. The highest BCUT2D eigenvalue weighted by atomic mass is 32.2. The van der Waals surface area contributed by atoms with Crippen LogP contribution < -0.4 is 4.74 Å². The fraction of sp³-hybridized carbons (Fsp3) is 0.520. The standard InChI is InChI=1S/C25H36N2O7S/c1-8-33-16-10-15-27(35(30,31)21-13-11-20(32-7)12-14-21)19(5)24(28)22-17(3)23(25(29)34-9-2)26(6)18(22)4/h11-14,19H,8-10,15-16H2,1-7H3. The van der Waals surface area contributed by atoms with E-state index in [0.29, 0.717) is 42.2 Å². The molecule has 0 spiro atoms. The summed E-state index contributed by atoms with van der Waals surface area (Å²) in [7, 11) is -0.833. The number of ketones is 1. The lowest BCUT2D eigenvalue weighted by molar-refractivity contribution is 0.0514. The van der Waals surface area contributed by atoms with Gasteiger partial charge in [0.05, 0.1) is 24.7 Å². The Morgan fingerprint density at radius 3 is 2.26 bits per heavy atom. The number of sulfonamides is 1. The van der Waals surface area contributed by atoms with Gasteiger partial charge in [0.15, 0.2) is 5.78 Å². The Bertz CT molecular complexity index is 1140. The quantitative estimate of drug-likeness (QED) is 0.232. The van der Waals surface area contributed by atoms with E-state index < -0.39 is 22.0 Å². The van der Waals surface area contributed by atoms with Crippen molar-refractivity contribution in [3.8, 4) is 5.75 Å². The van der Waals surface area contributed by atoms with Gasteiger partial charge in [0.25, 0.3) is 0 Å². The van der Waals surface area contributed by atoms with Crippen LogP contribution in [0.2, 0.25) is 0 Å². The number of Topliss-reactive ketones (excluding diaryl/α,β-unsaturated/α-hetero) is 1. The van der Waals surface area contributed by atoms with E-state index in [4.69, 9.17) is 14.2 Å². The molecule has 1 unspecified atom stereocenters. The Kier molecular flexibility index (Phi) is 10.1. The molecule has 0 aliphatic rings. The smallest absolute Gasteiger partial charge is 0.355 e. The molecule has 2 aromatic rings. The SMILES string of the molecule is CCOCCCN(C(C)C(=O)c1c(C)c(C(=O)OCC)n(C)c1C)S(=O)(=O)c1ccc(OC)cc1. The molecule has 0 aliphatic heterocycles. The first-order valence-electron chi connectivity index (χ1n) is 11.6. The zero-order valence-corrected chi connectivity index (χ0v) is 22.4. The van der Waals surface area contributed by atoms with Crippen LogP contribution in [0.15, 0.2) is 29.2 Å².